The van der Waals surface area contributed by atoms with Crippen LogP contribution < -0.4 is 10.6 Å². The third-order valence-electron chi connectivity index (χ3n) is 4.36. The highest BCUT2D eigenvalue weighted by molar-refractivity contribution is 5.48. The van der Waals surface area contributed by atoms with Crippen LogP contribution in [-0.4, -0.2) is 16.0 Å². The molecule has 122 valence electrons. The van der Waals surface area contributed by atoms with Crippen LogP contribution in [0.5, 0.6) is 0 Å². The van der Waals surface area contributed by atoms with Crippen molar-refractivity contribution in [3.8, 4) is 0 Å². The van der Waals surface area contributed by atoms with Gasteiger partial charge in [0.2, 0.25) is 0 Å². The molecule has 1 aromatic heterocycles. The van der Waals surface area contributed by atoms with E-state index in [1.807, 2.05) is 19.1 Å². The lowest BCUT2D eigenvalue weighted by Crippen LogP contribution is -2.19. The molecule has 2 aromatic rings. The molecular formula is C19H26N4. The third kappa shape index (κ3) is 4.95. The Labute approximate surface area is 138 Å². The Morgan fingerprint density at radius 2 is 1.65 bits per heavy atom. The summed E-state index contributed by atoms with van der Waals surface area (Å²) in [4.78, 5) is 9.05. The molecule has 1 aliphatic rings. The molecule has 0 aliphatic heterocycles. The summed E-state index contributed by atoms with van der Waals surface area (Å²) in [5.41, 5.74) is 1.25. The summed E-state index contributed by atoms with van der Waals surface area (Å²) >= 11 is 0. The second-order valence-corrected chi connectivity index (χ2v) is 6.36. The zero-order valence-corrected chi connectivity index (χ0v) is 13.9. The molecule has 0 saturated heterocycles. The lowest BCUT2D eigenvalue weighted by Gasteiger charge is -2.18. The van der Waals surface area contributed by atoms with Crippen LogP contribution in [0.4, 0.5) is 11.6 Å². The maximum absolute atomic E-state index is 4.55. The summed E-state index contributed by atoms with van der Waals surface area (Å²) in [6.07, 6.45) is 7.86. The van der Waals surface area contributed by atoms with Crippen molar-refractivity contribution in [3.63, 3.8) is 0 Å². The lowest BCUT2D eigenvalue weighted by atomic mass is 10.1. The van der Waals surface area contributed by atoms with E-state index < -0.39 is 0 Å². The number of rotatable bonds is 5. The molecule has 0 radical (unpaired) electrons. The topological polar surface area (TPSA) is 49.8 Å². The van der Waals surface area contributed by atoms with Gasteiger partial charge in [-0.1, -0.05) is 56.0 Å². The fourth-order valence-electron chi connectivity index (χ4n) is 3.15. The zero-order valence-electron chi connectivity index (χ0n) is 13.9. The molecule has 0 atom stereocenters. The number of aryl methyl sites for hydroxylation is 1. The molecule has 1 heterocycles. The van der Waals surface area contributed by atoms with Gasteiger partial charge in [0.25, 0.3) is 0 Å². The summed E-state index contributed by atoms with van der Waals surface area (Å²) in [6, 6.07) is 13.0. The van der Waals surface area contributed by atoms with Crippen LogP contribution in [-0.2, 0) is 6.54 Å². The molecule has 23 heavy (non-hydrogen) atoms. The number of benzene rings is 1. The van der Waals surface area contributed by atoms with E-state index in [1.54, 1.807) is 0 Å². The molecule has 4 nitrogen and oxygen atoms in total. The maximum Gasteiger partial charge on any atom is 0.132 e. The van der Waals surface area contributed by atoms with Crippen LogP contribution in [0, 0.1) is 6.92 Å². The van der Waals surface area contributed by atoms with Gasteiger partial charge in [0.05, 0.1) is 0 Å². The van der Waals surface area contributed by atoms with Crippen molar-refractivity contribution >= 4 is 11.6 Å². The monoisotopic (exact) mass is 310 g/mol. The highest BCUT2D eigenvalue weighted by Crippen LogP contribution is 2.21. The summed E-state index contributed by atoms with van der Waals surface area (Å²) in [6.45, 7) is 2.73. The van der Waals surface area contributed by atoms with Gasteiger partial charge in [-0.15, -0.1) is 0 Å². The predicted octanol–water partition coefficient (Wildman–Crippen LogP) is 4.53. The summed E-state index contributed by atoms with van der Waals surface area (Å²) < 4.78 is 0. The fourth-order valence-corrected chi connectivity index (χ4v) is 3.15. The Hall–Kier alpha value is -2.10. The predicted molar refractivity (Wildman–Crippen MR) is 95.7 cm³/mol. The van der Waals surface area contributed by atoms with Crippen LogP contribution in [0.25, 0.3) is 0 Å². The zero-order chi connectivity index (χ0) is 15.9. The summed E-state index contributed by atoms with van der Waals surface area (Å²) in [5, 5.41) is 7.01. The van der Waals surface area contributed by atoms with Gasteiger partial charge in [-0.2, -0.15) is 0 Å². The van der Waals surface area contributed by atoms with E-state index >= 15 is 0 Å². The molecule has 1 aromatic carbocycles. The van der Waals surface area contributed by atoms with Gasteiger partial charge in [0.15, 0.2) is 0 Å². The van der Waals surface area contributed by atoms with E-state index in [0.717, 1.165) is 24.0 Å². The average molecular weight is 310 g/mol. The van der Waals surface area contributed by atoms with Crippen molar-refractivity contribution in [2.24, 2.45) is 0 Å². The first-order chi connectivity index (χ1) is 11.3. The first-order valence-corrected chi connectivity index (χ1v) is 8.69. The van der Waals surface area contributed by atoms with Crippen molar-refractivity contribution < 1.29 is 0 Å². The molecule has 0 amide bonds. The van der Waals surface area contributed by atoms with Crippen molar-refractivity contribution in [2.45, 2.75) is 58.0 Å². The number of hydrogen-bond acceptors (Lipinski definition) is 4. The highest BCUT2D eigenvalue weighted by Gasteiger charge is 2.13. The number of aromatic nitrogens is 2. The van der Waals surface area contributed by atoms with E-state index in [2.05, 4.69) is 44.9 Å². The molecule has 4 heteroatoms. The van der Waals surface area contributed by atoms with Gasteiger partial charge in [-0.05, 0) is 25.3 Å². The van der Waals surface area contributed by atoms with Crippen LogP contribution in [0.3, 0.4) is 0 Å². The summed E-state index contributed by atoms with van der Waals surface area (Å²) in [7, 11) is 0. The van der Waals surface area contributed by atoms with Gasteiger partial charge < -0.3 is 10.6 Å². The van der Waals surface area contributed by atoms with Crippen molar-refractivity contribution in [1.29, 1.82) is 0 Å². The van der Waals surface area contributed by atoms with E-state index in [1.165, 1.54) is 44.1 Å². The second kappa shape index (κ2) is 7.95. The minimum Gasteiger partial charge on any atom is -0.367 e. The number of anilines is 2. The lowest BCUT2D eigenvalue weighted by molar-refractivity contribution is 0.617. The number of nitrogens with one attached hydrogen (secondary N) is 2. The smallest absolute Gasteiger partial charge is 0.132 e. The van der Waals surface area contributed by atoms with Crippen molar-refractivity contribution in [2.75, 3.05) is 10.6 Å². The molecule has 0 unspecified atom stereocenters. The number of hydrogen-bond donors (Lipinski definition) is 2. The Bertz CT molecular complexity index is 604. The van der Waals surface area contributed by atoms with Crippen LogP contribution in [0.15, 0.2) is 36.4 Å². The summed E-state index contributed by atoms with van der Waals surface area (Å²) in [5.74, 6) is 2.64. The van der Waals surface area contributed by atoms with Gasteiger partial charge in [-0.25, -0.2) is 9.97 Å². The SMILES string of the molecule is Cc1nc(NCc2ccccc2)cc(NC2CCCCCC2)n1. The van der Waals surface area contributed by atoms with E-state index in [4.69, 9.17) is 0 Å². The normalized spacial score (nSPS) is 15.9. The van der Waals surface area contributed by atoms with Crippen molar-refractivity contribution in [1.82, 2.24) is 9.97 Å². The maximum atomic E-state index is 4.55. The molecule has 1 fully saturated rings. The third-order valence-corrected chi connectivity index (χ3v) is 4.36. The van der Waals surface area contributed by atoms with E-state index in [0.29, 0.717) is 6.04 Å². The van der Waals surface area contributed by atoms with E-state index in [9.17, 15) is 0 Å². The molecular weight excluding hydrogens is 284 g/mol. The van der Waals surface area contributed by atoms with Gasteiger partial charge in [0, 0.05) is 18.7 Å². The highest BCUT2D eigenvalue weighted by atomic mass is 15.1. The van der Waals surface area contributed by atoms with Crippen LogP contribution >= 0.6 is 0 Å². The van der Waals surface area contributed by atoms with Gasteiger partial charge in [0.1, 0.15) is 17.5 Å². The molecule has 1 saturated carbocycles. The first-order valence-electron chi connectivity index (χ1n) is 8.69. The minimum atomic E-state index is 0.550. The molecule has 0 bridgehead atoms. The van der Waals surface area contributed by atoms with Crippen LogP contribution in [0.2, 0.25) is 0 Å². The minimum absolute atomic E-state index is 0.550. The Balaban J connectivity index is 1.63. The quantitative estimate of drug-likeness (QED) is 0.797. The van der Waals surface area contributed by atoms with Gasteiger partial charge >= 0.3 is 0 Å². The number of nitrogens with zero attached hydrogens (tertiary/aromatic N) is 2. The largest absolute Gasteiger partial charge is 0.367 e. The first kappa shape index (κ1) is 15.8. The average Bonchev–Trinajstić information content (AvgIpc) is 2.82. The van der Waals surface area contributed by atoms with E-state index in [-0.39, 0.29) is 0 Å². The Kier molecular flexibility index (Phi) is 5.46. The van der Waals surface area contributed by atoms with Crippen LogP contribution in [0.1, 0.15) is 49.9 Å². The molecule has 1 aliphatic carbocycles. The second-order valence-electron chi connectivity index (χ2n) is 6.36. The Morgan fingerprint density at radius 3 is 2.39 bits per heavy atom. The Morgan fingerprint density at radius 1 is 0.957 bits per heavy atom. The molecule has 0 spiro atoms. The standard InChI is InChI=1S/C19H26N4/c1-15-21-18(20-14-16-9-5-4-6-10-16)13-19(22-15)23-17-11-7-2-3-8-12-17/h4-6,9-10,13,17H,2-3,7-8,11-12,14H2,1H3,(H2,20,21,22,23). The molecule has 2 N–H and O–H groups in total. The molecule has 3 rings (SSSR count). The van der Waals surface area contributed by atoms with Gasteiger partial charge in [-0.3, -0.25) is 0 Å². The fraction of sp³-hybridized carbons (Fsp3) is 0.474. The van der Waals surface area contributed by atoms with Crippen molar-refractivity contribution in [3.05, 3.63) is 47.8 Å².